The van der Waals surface area contributed by atoms with Gasteiger partial charge in [-0.15, -0.1) is 0 Å². The van der Waals surface area contributed by atoms with Crippen molar-refractivity contribution in [3.63, 3.8) is 0 Å². The summed E-state index contributed by atoms with van der Waals surface area (Å²) in [7, 11) is -3.84. The van der Waals surface area contributed by atoms with Crippen LogP contribution in [-0.4, -0.2) is 38.3 Å². The predicted molar refractivity (Wildman–Crippen MR) is 114 cm³/mol. The lowest BCUT2D eigenvalue weighted by molar-refractivity contribution is -0.137. The van der Waals surface area contributed by atoms with E-state index in [9.17, 15) is 26.4 Å². The SMILES string of the molecule is CCOc1ccc(S(=O)(=O)N2CCC[C@H](C(=O)Nc3cc(C(F)(F)F)ccc3Cl)C2)cc1. The molecule has 1 fully saturated rings. The zero-order valence-corrected chi connectivity index (χ0v) is 18.7. The number of anilines is 1. The largest absolute Gasteiger partial charge is 0.494 e. The Morgan fingerprint density at radius 2 is 1.91 bits per heavy atom. The molecular weight excluding hydrogens is 469 g/mol. The van der Waals surface area contributed by atoms with E-state index in [1.807, 2.05) is 6.92 Å². The molecule has 1 N–H and O–H groups in total. The molecule has 1 heterocycles. The fourth-order valence-corrected chi connectivity index (χ4v) is 5.12. The first-order chi connectivity index (χ1) is 15.0. The van der Waals surface area contributed by atoms with Crippen molar-refractivity contribution in [1.29, 1.82) is 0 Å². The zero-order valence-electron chi connectivity index (χ0n) is 17.2. The second-order valence-corrected chi connectivity index (χ2v) is 9.63. The van der Waals surface area contributed by atoms with Crippen LogP contribution in [-0.2, 0) is 21.0 Å². The lowest BCUT2D eigenvalue weighted by Gasteiger charge is -2.31. The van der Waals surface area contributed by atoms with Gasteiger partial charge in [-0.3, -0.25) is 4.79 Å². The Labute approximate surface area is 189 Å². The summed E-state index contributed by atoms with van der Waals surface area (Å²) in [5, 5.41) is 2.38. The zero-order chi connectivity index (χ0) is 23.5. The van der Waals surface area contributed by atoms with Crippen LogP contribution in [0.1, 0.15) is 25.3 Å². The van der Waals surface area contributed by atoms with E-state index in [1.165, 1.54) is 16.4 Å². The number of nitrogens with zero attached hydrogens (tertiary/aromatic N) is 1. The van der Waals surface area contributed by atoms with Crippen molar-refractivity contribution in [2.75, 3.05) is 25.0 Å². The fraction of sp³-hybridized carbons (Fsp3) is 0.381. The van der Waals surface area contributed by atoms with Gasteiger partial charge in [-0.1, -0.05) is 11.6 Å². The normalized spacial score (nSPS) is 17.7. The lowest BCUT2D eigenvalue weighted by atomic mass is 9.98. The van der Waals surface area contributed by atoms with E-state index in [2.05, 4.69) is 5.32 Å². The molecule has 32 heavy (non-hydrogen) atoms. The molecule has 0 aliphatic carbocycles. The van der Waals surface area contributed by atoms with Gasteiger partial charge in [0, 0.05) is 13.1 Å². The van der Waals surface area contributed by atoms with Crippen molar-refractivity contribution in [3.05, 3.63) is 53.1 Å². The molecule has 3 rings (SSSR count). The van der Waals surface area contributed by atoms with Crippen LogP contribution in [0.25, 0.3) is 0 Å². The number of amides is 1. The van der Waals surface area contributed by atoms with Gasteiger partial charge in [0.05, 0.1) is 33.7 Å². The van der Waals surface area contributed by atoms with Crippen molar-refractivity contribution < 1.29 is 31.1 Å². The first-order valence-corrected chi connectivity index (χ1v) is 11.7. The second-order valence-electron chi connectivity index (χ2n) is 7.29. The van der Waals surface area contributed by atoms with Crippen molar-refractivity contribution in [1.82, 2.24) is 4.31 Å². The van der Waals surface area contributed by atoms with Gasteiger partial charge in [0.15, 0.2) is 0 Å². The molecule has 174 valence electrons. The number of sulfonamides is 1. The Bertz CT molecular complexity index is 1080. The second kappa shape index (κ2) is 9.68. The molecule has 0 spiro atoms. The first kappa shape index (κ1) is 24.3. The Morgan fingerprint density at radius 1 is 1.22 bits per heavy atom. The monoisotopic (exact) mass is 490 g/mol. The molecule has 2 aromatic rings. The average Bonchev–Trinajstić information content (AvgIpc) is 2.75. The van der Waals surface area contributed by atoms with Gasteiger partial charge in [0.1, 0.15) is 5.75 Å². The molecule has 2 aromatic carbocycles. The molecule has 1 saturated heterocycles. The van der Waals surface area contributed by atoms with Crippen LogP contribution in [0.4, 0.5) is 18.9 Å². The van der Waals surface area contributed by atoms with Gasteiger partial charge in [-0.25, -0.2) is 8.42 Å². The summed E-state index contributed by atoms with van der Waals surface area (Å²) in [5.74, 6) is -0.773. The maximum atomic E-state index is 13.0. The summed E-state index contributed by atoms with van der Waals surface area (Å²) in [4.78, 5) is 12.8. The number of nitrogens with one attached hydrogen (secondary N) is 1. The average molecular weight is 491 g/mol. The van der Waals surface area contributed by atoms with E-state index in [4.69, 9.17) is 16.3 Å². The number of halogens is 4. The molecule has 1 amide bonds. The molecule has 0 bridgehead atoms. The van der Waals surface area contributed by atoms with Gasteiger partial charge in [-0.2, -0.15) is 17.5 Å². The van der Waals surface area contributed by atoms with Crippen LogP contribution < -0.4 is 10.1 Å². The Kier molecular flexibility index (Phi) is 7.36. The maximum absolute atomic E-state index is 13.0. The van der Waals surface area contributed by atoms with Crippen molar-refractivity contribution in [2.24, 2.45) is 5.92 Å². The summed E-state index contributed by atoms with van der Waals surface area (Å²) >= 11 is 5.95. The Hall–Kier alpha value is -2.30. The van der Waals surface area contributed by atoms with E-state index < -0.39 is 33.6 Å². The van der Waals surface area contributed by atoms with Crippen LogP contribution in [0.5, 0.6) is 5.75 Å². The van der Waals surface area contributed by atoms with Gasteiger partial charge in [0.25, 0.3) is 0 Å². The lowest BCUT2D eigenvalue weighted by Crippen LogP contribution is -2.43. The van der Waals surface area contributed by atoms with E-state index >= 15 is 0 Å². The van der Waals surface area contributed by atoms with Gasteiger partial charge < -0.3 is 10.1 Å². The summed E-state index contributed by atoms with van der Waals surface area (Å²) in [6.07, 6.45) is -3.75. The molecule has 11 heteroatoms. The van der Waals surface area contributed by atoms with Gasteiger partial charge in [-0.05, 0) is 62.2 Å². The topological polar surface area (TPSA) is 75.7 Å². The predicted octanol–water partition coefficient (Wildman–Crippen LogP) is 4.80. The molecule has 0 radical (unpaired) electrons. The minimum atomic E-state index is -4.59. The number of benzene rings is 2. The Morgan fingerprint density at radius 3 is 2.53 bits per heavy atom. The van der Waals surface area contributed by atoms with E-state index in [-0.39, 0.29) is 28.7 Å². The van der Waals surface area contributed by atoms with Crippen molar-refractivity contribution in [2.45, 2.75) is 30.8 Å². The number of piperidine rings is 1. The highest BCUT2D eigenvalue weighted by atomic mass is 35.5. The minimum Gasteiger partial charge on any atom is -0.494 e. The van der Waals surface area contributed by atoms with Crippen LogP contribution >= 0.6 is 11.6 Å². The number of carbonyl (C=O) groups excluding carboxylic acids is 1. The van der Waals surface area contributed by atoms with Crippen molar-refractivity contribution in [3.8, 4) is 5.75 Å². The quantitative estimate of drug-likeness (QED) is 0.631. The minimum absolute atomic E-state index is 0.0407. The standard InChI is InChI=1S/C21H22ClF3N2O4S/c1-2-31-16-6-8-17(9-7-16)32(29,30)27-11-3-4-14(13-27)20(28)26-19-12-15(21(23,24)25)5-10-18(19)22/h5-10,12,14H,2-4,11,13H2,1H3,(H,26,28)/t14-/m0/s1. The van der Waals surface area contributed by atoms with Crippen LogP contribution in [0.15, 0.2) is 47.4 Å². The van der Waals surface area contributed by atoms with Crippen molar-refractivity contribution >= 4 is 33.2 Å². The molecule has 1 aliphatic heterocycles. The van der Waals surface area contributed by atoms with E-state index in [0.29, 0.717) is 25.2 Å². The van der Waals surface area contributed by atoms with Gasteiger partial charge in [0.2, 0.25) is 15.9 Å². The molecular formula is C21H22ClF3N2O4S. The molecule has 0 unspecified atom stereocenters. The third-order valence-corrected chi connectivity index (χ3v) is 7.29. The Balaban J connectivity index is 1.73. The molecule has 1 atom stereocenters. The number of hydrogen-bond acceptors (Lipinski definition) is 4. The summed E-state index contributed by atoms with van der Waals surface area (Å²) in [6.45, 7) is 2.42. The smallest absolute Gasteiger partial charge is 0.416 e. The molecule has 0 aromatic heterocycles. The summed E-state index contributed by atoms with van der Waals surface area (Å²) in [6, 6.07) is 8.63. The summed E-state index contributed by atoms with van der Waals surface area (Å²) < 4.78 is 71.4. The number of hydrogen-bond donors (Lipinski definition) is 1. The van der Waals surface area contributed by atoms with Crippen LogP contribution in [0, 0.1) is 5.92 Å². The maximum Gasteiger partial charge on any atom is 0.416 e. The number of rotatable bonds is 6. The highest BCUT2D eigenvalue weighted by Gasteiger charge is 2.34. The summed E-state index contributed by atoms with van der Waals surface area (Å²) in [5.41, 5.74) is -1.11. The highest BCUT2D eigenvalue weighted by Crippen LogP contribution is 2.34. The van der Waals surface area contributed by atoms with Crippen LogP contribution in [0.3, 0.4) is 0 Å². The number of alkyl halides is 3. The van der Waals surface area contributed by atoms with Crippen LogP contribution in [0.2, 0.25) is 5.02 Å². The third kappa shape index (κ3) is 5.54. The fourth-order valence-electron chi connectivity index (χ4n) is 3.43. The third-order valence-electron chi connectivity index (χ3n) is 5.08. The molecule has 1 aliphatic rings. The molecule has 0 saturated carbocycles. The highest BCUT2D eigenvalue weighted by molar-refractivity contribution is 7.89. The first-order valence-electron chi connectivity index (χ1n) is 9.93. The van der Waals surface area contributed by atoms with E-state index in [0.717, 1.165) is 18.2 Å². The van der Waals surface area contributed by atoms with Gasteiger partial charge >= 0.3 is 6.18 Å². The number of ether oxygens (including phenoxy) is 1. The van der Waals surface area contributed by atoms with E-state index in [1.54, 1.807) is 12.1 Å². The molecule has 6 nitrogen and oxygen atoms in total. The number of carbonyl (C=O) groups is 1.